The minimum Gasteiger partial charge on any atom is -0.497 e. The molecule has 1 aliphatic rings. The molecule has 0 spiro atoms. The first-order valence-electron chi connectivity index (χ1n) is 8.89. The average Bonchev–Trinajstić information content (AvgIpc) is 3.22. The van der Waals surface area contributed by atoms with Gasteiger partial charge in [-0.05, 0) is 30.2 Å². The lowest BCUT2D eigenvalue weighted by molar-refractivity contribution is -0.118. The normalized spacial score (nSPS) is 18.3. The van der Waals surface area contributed by atoms with Gasteiger partial charge >= 0.3 is 0 Å². The van der Waals surface area contributed by atoms with E-state index in [-0.39, 0.29) is 11.2 Å². The van der Waals surface area contributed by atoms with Gasteiger partial charge in [-0.1, -0.05) is 42.1 Å². The molecule has 1 aromatic heterocycles. The number of carbonyl (C=O) groups excluding carboxylic acids is 1. The third-order valence-corrected chi connectivity index (χ3v) is 5.70. The summed E-state index contributed by atoms with van der Waals surface area (Å²) in [5.74, 6) is 0.761. The van der Waals surface area contributed by atoms with Crippen LogP contribution in [0.5, 0.6) is 5.75 Å². The first kappa shape index (κ1) is 18.3. The lowest BCUT2D eigenvalue weighted by Gasteiger charge is -2.06. The molecule has 1 amide bonds. The molecule has 0 aliphatic carbocycles. The Hall–Kier alpha value is -3.06. The molecule has 28 heavy (non-hydrogen) atoms. The Morgan fingerprint density at radius 1 is 1.21 bits per heavy atom. The number of thioether (sulfide) groups is 1. The number of methoxy groups -OCH3 is 1. The van der Waals surface area contributed by atoms with Crippen molar-refractivity contribution >= 4 is 40.0 Å². The van der Waals surface area contributed by atoms with Gasteiger partial charge in [0.05, 0.1) is 18.6 Å². The number of benzene rings is 2. The summed E-state index contributed by atoms with van der Waals surface area (Å²) >= 11 is 1.41. The zero-order valence-electron chi connectivity index (χ0n) is 15.6. The highest BCUT2D eigenvalue weighted by molar-refractivity contribution is 8.15. The van der Waals surface area contributed by atoms with Crippen molar-refractivity contribution < 1.29 is 9.53 Å². The maximum Gasteiger partial charge on any atom is 0.239 e. The number of nitrogens with zero attached hydrogens (tertiary/aromatic N) is 3. The van der Waals surface area contributed by atoms with Crippen LogP contribution in [0.1, 0.15) is 11.1 Å². The van der Waals surface area contributed by atoms with Crippen molar-refractivity contribution in [1.29, 1.82) is 0 Å². The highest BCUT2D eigenvalue weighted by Gasteiger charge is 2.30. The topological polar surface area (TPSA) is 68.0 Å². The van der Waals surface area contributed by atoms with E-state index in [1.165, 1.54) is 11.8 Å². The Balaban J connectivity index is 1.44. The average molecular weight is 392 g/mol. The summed E-state index contributed by atoms with van der Waals surface area (Å²) in [5, 5.41) is 12.6. The molecule has 1 N–H and O–H groups in total. The second-order valence-corrected chi connectivity index (χ2v) is 7.70. The van der Waals surface area contributed by atoms with E-state index in [4.69, 9.17) is 4.74 Å². The molecule has 4 rings (SSSR count). The van der Waals surface area contributed by atoms with Gasteiger partial charge in [-0.25, -0.2) is 0 Å². The minimum atomic E-state index is -0.208. The third-order valence-electron chi connectivity index (χ3n) is 4.63. The molecule has 1 fully saturated rings. The number of aromatic nitrogens is 1. The van der Waals surface area contributed by atoms with Crippen molar-refractivity contribution in [2.75, 3.05) is 7.11 Å². The fraction of sp³-hybridized carbons (Fsp3) is 0.190. The molecule has 3 aromatic rings. The monoisotopic (exact) mass is 392 g/mol. The first-order valence-corrected chi connectivity index (χ1v) is 9.77. The second-order valence-electron chi connectivity index (χ2n) is 6.51. The fourth-order valence-electron chi connectivity index (χ4n) is 3.18. The molecular weight excluding hydrogens is 372 g/mol. The molecule has 0 bridgehead atoms. The lowest BCUT2D eigenvalue weighted by Crippen LogP contribution is -2.25. The molecule has 1 atom stereocenters. The molecule has 1 saturated heterocycles. The number of rotatable bonds is 5. The summed E-state index contributed by atoms with van der Waals surface area (Å²) in [7, 11) is 3.64. The number of hydrogen-bond acceptors (Lipinski definition) is 5. The predicted octanol–water partition coefficient (Wildman–Crippen LogP) is 3.35. The zero-order chi connectivity index (χ0) is 19.5. The molecule has 6 nitrogen and oxygen atoms in total. The molecule has 7 heteroatoms. The highest BCUT2D eigenvalue weighted by Crippen LogP contribution is 2.24. The number of ether oxygens (including phenoxy) is 1. The standard InChI is InChI=1S/C21H20N4O2S/c1-25-13-15(17-5-3-4-6-18(17)25)12-22-24-21-23-20(26)19(28-21)11-14-7-9-16(27-2)10-8-14/h3-10,12-13,19H,11H2,1-2H3,(H,23,24,26)/b22-12+. The molecule has 1 unspecified atom stereocenters. The van der Waals surface area contributed by atoms with Gasteiger partial charge in [0.15, 0.2) is 5.17 Å². The van der Waals surface area contributed by atoms with E-state index in [0.29, 0.717) is 11.6 Å². The number of hydrogen-bond donors (Lipinski definition) is 1. The van der Waals surface area contributed by atoms with E-state index >= 15 is 0 Å². The van der Waals surface area contributed by atoms with Gasteiger partial charge in [-0.2, -0.15) is 5.10 Å². The Morgan fingerprint density at radius 3 is 2.79 bits per heavy atom. The van der Waals surface area contributed by atoms with Crippen LogP contribution in [0, 0.1) is 0 Å². The molecule has 0 radical (unpaired) electrons. The van der Waals surface area contributed by atoms with Crippen LogP contribution in [0.25, 0.3) is 10.9 Å². The second kappa shape index (κ2) is 7.90. The lowest BCUT2D eigenvalue weighted by atomic mass is 10.1. The van der Waals surface area contributed by atoms with Gasteiger partial charge in [0.1, 0.15) is 5.75 Å². The third kappa shape index (κ3) is 3.80. The summed E-state index contributed by atoms with van der Waals surface area (Å²) in [6, 6.07) is 15.9. The highest BCUT2D eigenvalue weighted by atomic mass is 32.2. The van der Waals surface area contributed by atoms with Gasteiger partial charge in [-0.3, -0.25) is 4.79 Å². The maximum atomic E-state index is 12.2. The molecule has 2 heterocycles. The van der Waals surface area contributed by atoms with Crippen LogP contribution in [-0.2, 0) is 18.3 Å². The van der Waals surface area contributed by atoms with Crippen molar-refractivity contribution in [3.05, 3.63) is 65.9 Å². The Labute approximate surface area is 167 Å². The number of amidine groups is 1. The molecule has 2 aromatic carbocycles. The SMILES string of the molecule is COc1ccc(CC2S/C(=N\N=C\c3cn(C)c4ccccc34)NC2=O)cc1. The Bertz CT molecular complexity index is 1070. The fourth-order valence-corrected chi connectivity index (χ4v) is 4.15. The van der Waals surface area contributed by atoms with E-state index in [0.717, 1.165) is 27.8 Å². The smallest absolute Gasteiger partial charge is 0.239 e. The largest absolute Gasteiger partial charge is 0.497 e. The van der Waals surface area contributed by atoms with Gasteiger partial charge < -0.3 is 14.6 Å². The number of nitrogens with one attached hydrogen (secondary N) is 1. The van der Waals surface area contributed by atoms with Crippen LogP contribution < -0.4 is 10.1 Å². The number of carbonyl (C=O) groups is 1. The summed E-state index contributed by atoms with van der Waals surface area (Å²) < 4.78 is 7.22. The molecular formula is C21H20N4O2S. The van der Waals surface area contributed by atoms with Crippen molar-refractivity contribution in [3.8, 4) is 5.75 Å². The van der Waals surface area contributed by atoms with Crippen molar-refractivity contribution in [1.82, 2.24) is 9.88 Å². The number of fused-ring (bicyclic) bond motifs is 1. The van der Waals surface area contributed by atoms with E-state index in [9.17, 15) is 4.79 Å². The van der Waals surface area contributed by atoms with Crippen molar-refractivity contribution in [2.45, 2.75) is 11.7 Å². The minimum absolute atomic E-state index is 0.0417. The van der Waals surface area contributed by atoms with E-state index in [1.54, 1.807) is 13.3 Å². The maximum absolute atomic E-state index is 12.2. The molecule has 0 saturated carbocycles. The molecule has 1 aliphatic heterocycles. The number of amides is 1. The van der Waals surface area contributed by atoms with Crippen LogP contribution >= 0.6 is 11.8 Å². The zero-order valence-corrected chi connectivity index (χ0v) is 16.4. The van der Waals surface area contributed by atoms with E-state index < -0.39 is 0 Å². The Morgan fingerprint density at radius 2 is 2.00 bits per heavy atom. The van der Waals surface area contributed by atoms with Gasteiger partial charge in [0, 0.05) is 29.7 Å². The van der Waals surface area contributed by atoms with Crippen molar-refractivity contribution in [2.24, 2.45) is 17.3 Å². The van der Waals surface area contributed by atoms with Crippen molar-refractivity contribution in [3.63, 3.8) is 0 Å². The summed E-state index contributed by atoms with van der Waals surface area (Å²) in [6.07, 6.45) is 4.37. The van der Waals surface area contributed by atoms with E-state index in [1.807, 2.05) is 49.6 Å². The number of para-hydroxylation sites is 1. The van der Waals surface area contributed by atoms with Crippen LogP contribution in [-0.4, -0.2) is 34.2 Å². The van der Waals surface area contributed by atoms with Crippen LogP contribution in [0.4, 0.5) is 0 Å². The van der Waals surface area contributed by atoms with Gasteiger partial charge in [0.25, 0.3) is 0 Å². The summed E-state index contributed by atoms with van der Waals surface area (Å²) in [5.41, 5.74) is 3.21. The van der Waals surface area contributed by atoms with Gasteiger partial charge in [-0.15, -0.1) is 5.10 Å². The predicted molar refractivity (Wildman–Crippen MR) is 114 cm³/mol. The van der Waals surface area contributed by atoms with Gasteiger partial charge in [0.2, 0.25) is 5.91 Å². The van der Waals surface area contributed by atoms with Crippen LogP contribution in [0.15, 0.2) is 64.9 Å². The summed E-state index contributed by atoms with van der Waals surface area (Å²) in [6.45, 7) is 0. The van der Waals surface area contributed by atoms with Crippen LogP contribution in [0.3, 0.4) is 0 Å². The number of aryl methyl sites for hydroxylation is 1. The first-order chi connectivity index (χ1) is 13.6. The molecule has 142 valence electrons. The Kier molecular flexibility index (Phi) is 5.16. The van der Waals surface area contributed by atoms with Crippen LogP contribution in [0.2, 0.25) is 0 Å². The van der Waals surface area contributed by atoms with E-state index in [2.05, 4.69) is 32.2 Å². The summed E-state index contributed by atoms with van der Waals surface area (Å²) in [4.78, 5) is 12.2. The quantitative estimate of drug-likeness (QED) is 0.535.